The highest BCUT2D eigenvalue weighted by atomic mass is 19.4. The van der Waals surface area contributed by atoms with Crippen molar-refractivity contribution in [2.45, 2.75) is 25.2 Å². The lowest BCUT2D eigenvalue weighted by molar-refractivity contribution is -0.274. The van der Waals surface area contributed by atoms with Crippen molar-refractivity contribution in [2.75, 3.05) is 0 Å². The van der Waals surface area contributed by atoms with E-state index in [1.807, 2.05) is 24.3 Å². The van der Waals surface area contributed by atoms with Crippen molar-refractivity contribution in [1.29, 1.82) is 0 Å². The van der Waals surface area contributed by atoms with E-state index in [0.29, 0.717) is 0 Å². The number of carbonyl (C=O) groups excluding carboxylic acids is 1. The lowest BCUT2D eigenvalue weighted by Gasteiger charge is -2.13. The summed E-state index contributed by atoms with van der Waals surface area (Å²) in [4.78, 5) is 12.2. The summed E-state index contributed by atoms with van der Waals surface area (Å²) >= 11 is 0. The zero-order valence-corrected chi connectivity index (χ0v) is 12.1. The van der Waals surface area contributed by atoms with Gasteiger partial charge in [-0.25, -0.2) is 0 Å². The zero-order chi connectivity index (χ0) is 16.4. The van der Waals surface area contributed by atoms with Gasteiger partial charge in [0.25, 0.3) is 5.91 Å². The van der Waals surface area contributed by atoms with Crippen LogP contribution in [0.15, 0.2) is 48.5 Å². The molecule has 0 saturated heterocycles. The molecule has 0 atom stereocenters. The van der Waals surface area contributed by atoms with Crippen LogP contribution in [0.4, 0.5) is 13.2 Å². The van der Waals surface area contributed by atoms with Gasteiger partial charge in [0.15, 0.2) is 0 Å². The number of rotatable bonds is 3. The lowest BCUT2D eigenvalue weighted by atomic mass is 10.1. The summed E-state index contributed by atoms with van der Waals surface area (Å²) in [5.41, 5.74) is 2.52. The van der Waals surface area contributed by atoms with Gasteiger partial charge in [-0.2, -0.15) is 0 Å². The van der Waals surface area contributed by atoms with Crippen LogP contribution in [0.3, 0.4) is 0 Å². The van der Waals surface area contributed by atoms with Crippen LogP contribution in [0.1, 0.15) is 21.5 Å². The Bertz CT molecular complexity index is 703. The second-order valence-corrected chi connectivity index (χ2v) is 5.42. The summed E-state index contributed by atoms with van der Waals surface area (Å²) in [5.74, 6) is -0.810. The Labute approximate surface area is 131 Å². The van der Waals surface area contributed by atoms with Crippen molar-refractivity contribution in [2.24, 2.45) is 0 Å². The standard InChI is InChI=1S/C17H14F3NO2/c18-17(19,20)23-15-7-3-6-13(10-15)16(22)21-14-8-11-4-1-2-5-12(11)9-14/h1-7,10,14H,8-9H2,(H,21,22). The van der Waals surface area contributed by atoms with Crippen molar-refractivity contribution in [3.63, 3.8) is 0 Å². The summed E-state index contributed by atoms with van der Waals surface area (Å²) in [6.45, 7) is 0. The average Bonchev–Trinajstić information content (AvgIpc) is 2.87. The minimum Gasteiger partial charge on any atom is -0.406 e. The summed E-state index contributed by atoms with van der Waals surface area (Å²) in [7, 11) is 0. The number of fused-ring (bicyclic) bond motifs is 1. The number of carbonyl (C=O) groups is 1. The van der Waals surface area contributed by atoms with E-state index in [-0.39, 0.29) is 11.6 Å². The predicted molar refractivity (Wildman–Crippen MR) is 78.2 cm³/mol. The second-order valence-electron chi connectivity index (χ2n) is 5.42. The van der Waals surface area contributed by atoms with E-state index in [1.165, 1.54) is 23.3 Å². The molecule has 0 aromatic heterocycles. The SMILES string of the molecule is O=C(NC1Cc2ccccc2C1)c1cccc(OC(F)(F)F)c1. The molecule has 3 nitrogen and oxygen atoms in total. The number of ether oxygens (including phenoxy) is 1. The van der Waals surface area contributed by atoms with Crippen LogP contribution in [0.25, 0.3) is 0 Å². The molecule has 1 aliphatic rings. The Hall–Kier alpha value is -2.50. The van der Waals surface area contributed by atoms with Gasteiger partial charge in [0.05, 0.1) is 0 Å². The summed E-state index contributed by atoms with van der Waals surface area (Å²) in [6.07, 6.45) is -3.33. The van der Waals surface area contributed by atoms with Crippen molar-refractivity contribution in [3.05, 3.63) is 65.2 Å². The first-order valence-corrected chi connectivity index (χ1v) is 7.14. The fraction of sp³-hybridized carbons (Fsp3) is 0.235. The molecule has 3 rings (SSSR count). The fourth-order valence-corrected chi connectivity index (χ4v) is 2.76. The fourth-order valence-electron chi connectivity index (χ4n) is 2.76. The third kappa shape index (κ3) is 3.83. The minimum atomic E-state index is -4.78. The van der Waals surface area contributed by atoms with Crippen LogP contribution in [-0.2, 0) is 12.8 Å². The highest BCUT2D eigenvalue weighted by Crippen LogP contribution is 2.24. The molecular formula is C17H14F3NO2. The van der Waals surface area contributed by atoms with Gasteiger partial charge in [0, 0.05) is 11.6 Å². The Morgan fingerprint density at radius 1 is 1.04 bits per heavy atom. The zero-order valence-electron chi connectivity index (χ0n) is 12.1. The van der Waals surface area contributed by atoms with Gasteiger partial charge < -0.3 is 10.1 Å². The molecular weight excluding hydrogens is 307 g/mol. The largest absolute Gasteiger partial charge is 0.573 e. The molecule has 1 aliphatic carbocycles. The first-order chi connectivity index (χ1) is 10.9. The number of amides is 1. The normalized spacial score (nSPS) is 14.4. The van der Waals surface area contributed by atoms with Crippen LogP contribution in [0, 0.1) is 0 Å². The molecule has 1 N–H and O–H groups in total. The summed E-state index contributed by atoms with van der Waals surface area (Å²) < 4.78 is 40.5. The smallest absolute Gasteiger partial charge is 0.406 e. The maximum Gasteiger partial charge on any atom is 0.573 e. The average molecular weight is 321 g/mol. The number of nitrogens with one attached hydrogen (secondary N) is 1. The molecule has 0 saturated carbocycles. The van der Waals surface area contributed by atoms with E-state index in [0.717, 1.165) is 25.0 Å². The molecule has 0 spiro atoms. The van der Waals surface area contributed by atoms with E-state index in [9.17, 15) is 18.0 Å². The molecule has 0 aliphatic heterocycles. The highest BCUT2D eigenvalue weighted by Gasteiger charge is 2.31. The maximum atomic E-state index is 12.2. The van der Waals surface area contributed by atoms with Crippen LogP contribution in [-0.4, -0.2) is 18.3 Å². The van der Waals surface area contributed by atoms with Gasteiger partial charge in [-0.15, -0.1) is 13.2 Å². The molecule has 1 amide bonds. The third-order valence-electron chi connectivity index (χ3n) is 3.72. The van der Waals surface area contributed by atoms with E-state index in [1.54, 1.807) is 0 Å². The monoisotopic (exact) mass is 321 g/mol. The van der Waals surface area contributed by atoms with E-state index in [2.05, 4.69) is 10.1 Å². The number of alkyl halides is 3. The van der Waals surface area contributed by atoms with E-state index < -0.39 is 18.0 Å². The number of hydrogen-bond acceptors (Lipinski definition) is 2. The Morgan fingerprint density at radius 2 is 1.70 bits per heavy atom. The molecule has 23 heavy (non-hydrogen) atoms. The van der Waals surface area contributed by atoms with Gasteiger partial charge in [-0.3, -0.25) is 4.79 Å². The van der Waals surface area contributed by atoms with Gasteiger partial charge >= 0.3 is 6.36 Å². The van der Waals surface area contributed by atoms with Crippen molar-refractivity contribution in [1.82, 2.24) is 5.32 Å². The van der Waals surface area contributed by atoms with Gasteiger partial charge in [0.2, 0.25) is 0 Å². The second kappa shape index (κ2) is 5.95. The maximum absolute atomic E-state index is 12.2. The number of hydrogen-bond donors (Lipinski definition) is 1. The topological polar surface area (TPSA) is 38.3 Å². The summed E-state index contributed by atoms with van der Waals surface area (Å²) in [6, 6.07) is 12.9. The molecule has 120 valence electrons. The van der Waals surface area contributed by atoms with E-state index in [4.69, 9.17) is 0 Å². The van der Waals surface area contributed by atoms with Gasteiger partial charge in [-0.1, -0.05) is 30.3 Å². The Morgan fingerprint density at radius 3 is 2.30 bits per heavy atom. The molecule has 0 bridgehead atoms. The van der Waals surface area contributed by atoms with Crippen molar-refractivity contribution in [3.8, 4) is 5.75 Å². The summed E-state index contributed by atoms with van der Waals surface area (Å²) in [5, 5.41) is 2.86. The van der Waals surface area contributed by atoms with Crippen LogP contribution in [0.5, 0.6) is 5.75 Å². The van der Waals surface area contributed by atoms with E-state index >= 15 is 0 Å². The van der Waals surface area contributed by atoms with Gasteiger partial charge in [-0.05, 0) is 42.2 Å². The van der Waals surface area contributed by atoms with Crippen LogP contribution < -0.4 is 10.1 Å². The van der Waals surface area contributed by atoms with Crippen LogP contribution in [0.2, 0.25) is 0 Å². The number of halogens is 3. The molecule has 0 fully saturated rings. The minimum absolute atomic E-state index is 0.0490. The Balaban J connectivity index is 1.67. The van der Waals surface area contributed by atoms with Crippen molar-refractivity contribution >= 4 is 5.91 Å². The first kappa shape index (κ1) is 15.4. The van der Waals surface area contributed by atoms with Crippen molar-refractivity contribution < 1.29 is 22.7 Å². The first-order valence-electron chi connectivity index (χ1n) is 7.14. The Kier molecular flexibility index (Phi) is 3.98. The van der Waals surface area contributed by atoms with Gasteiger partial charge in [0.1, 0.15) is 5.75 Å². The van der Waals surface area contributed by atoms with Crippen LogP contribution >= 0.6 is 0 Å². The predicted octanol–water partition coefficient (Wildman–Crippen LogP) is 3.48. The molecule has 2 aromatic carbocycles. The molecule has 0 radical (unpaired) electrons. The lowest BCUT2D eigenvalue weighted by Crippen LogP contribution is -2.35. The molecule has 2 aromatic rings. The molecule has 0 heterocycles. The quantitative estimate of drug-likeness (QED) is 0.940. The highest BCUT2D eigenvalue weighted by molar-refractivity contribution is 5.94. The molecule has 6 heteroatoms. The number of benzene rings is 2. The third-order valence-corrected chi connectivity index (χ3v) is 3.72. The molecule has 0 unspecified atom stereocenters.